The van der Waals surface area contributed by atoms with Gasteiger partial charge in [-0.15, -0.1) is 0 Å². The van der Waals surface area contributed by atoms with E-state index in [4.69, 9.17) is 11.6 Å². The Morgan fingerprint density at radius 1 is 1.29 bits per heavy atom. The van der Waals surface area contributed by atoms with Gasteiger partial charge in [-0.2, -0.15) is 0 Å². The molecule has 2 rings (SSSR count). The number of benzene rings is 1. The molecule has 0 spiro atoms. The van der Waals surface area contributed by atoms with Gasteiger partial charge >= 0.3 is 0 Å². The van der Waals surface area contributed by atoms with E-state index in [1.54, 1.807) is 0 Å². The highest BCUT2D eigenvalue weighted by atomic mass is 35.5. The minimum atomic E-state index is -0.626. The lowest BCUT2D eigenvalue weighted by atomic mass is 10.1. The van der Waals surface area contributed by atoms with Crippen LogP contribution in [0.25, 0.3) is 0 Å². The summed E-state index contributed by atoms with van der Waals surface area (Å²) >= 11 is 5.82. The Balaban J connectivity index is 2.22. The van der Waals surface area contributed by atoms with Crippen LogP contribution in [0.4, 0.5) is 4.39 Å². The van der Waals surface area contributed by atoms with Gasteiger partial charge in [0.1, 0.15) is 11.6 Å². The fraction of sp³-hybridized carbons (Fsp3) is 0.333. The van der Waals surface area contributed by atoms with Crippen molar-refractivity contribution < 1.29 is 14.0 Å². The van der Waals surface area contributed by atoms with Crippen LogP contribution in [0.1, 0.15) is 23.2 Å². The monoisotopic (exact) mass is 255 g/mol. The van der Waals surface area contributed by atoms with E-state index < -0.39 is 11.7 Å². The highest BCUT2D eigenvalue weighted by Gasteiger charge is 2.25. The number of carbonyl (C=O) groups is 2. The summed E-state index contributed by atoms with van der Waals surface area (Å²) in [5.41, 5.74) is -0.108. The lowest BCUT2D eigenvalue weighted by molar-refractivity contribution is -0.120. The van der Waals surface area contributed by atoms with E-state index in [1.807, 2.05) is 0 Å². The Labute approximate surface area is 103 Å². The molecule has 0 aliphatic carbocycles. The van der Waals surface area contributed by atoms with E-state index in [-0.39, 0.29) is 16.4 Å². The molecule has 1 aliphatic heterocycles. The van der Waals surface area contributed by atoms with Crippen molar-refractivity contribution in [1.29, 1.82) is 0 Å². The molecule has 1 aromatic carbocycles. The lowest BCUT2D eigenvalue weighted by Gasteiger charge is -2.26. The van der Waals surface area contributed by atoms with Crippen LogP contribution >= 0.6 is 11.6 Å². The van der Waals surface area contributed by atoms with Crippen molar-refractivity contribution in [1.82, 2.24) is 4.90 Å². The number of hydrogen-bond acceptors (Lipinski definition) is 2. The van der Waals surface area contributed by atoms with Crippen molar-refractivity contribution >= 4 is 23.3 Å². The molecule has 17 heavy (non-hydrogen) atoms. The quantitative estimate of drug-likeness (QED) is 0.772. The molecule has 0 saturated carbocycles. The smallest absolute Gasteiger partial charge is 0.258 e. The van der Waals surface area contributed by atoms with Gasteiger partial charge in [-0.05, 0) is 12.1 Å². The van der Waals surface area contributed by atoms with Crippen LogP contribution in [0.15, 0.2) is 18.2 Å². The average molecular weight is 256 g/mol. The highest BCUT2D eigenvalue weighted by Crippen LogP contribution is 2.22. The average Bonchev–Trinajstić information content (AvgIpc) is 2.29. The fourth-order valence-corrected chi connectivity index (χ4v) is 2.06. The summed E-state index contributed by atoms with van der Waals surface area (Å²) in [5, 5.41) is 0.104. The molecule has 0 bridgehead atoms. The first-order chi connectivity index (χ1) is 8.09. The Bertz CT molecular complexity index is 445. The molecule has 5 heteroatoms. The molecule has 1 amide bonds. The van der Waals surface area contributed by atoms with Gasteiger partial charge in [0.25, 0.3) is 5.91 Å². The number of amides is 1. The number of nitrogens with zero attached hydrogens (tertiary/aromatic N) is 1. The zero-order chi connectivity index (χ0) is 12.4. The van der Waals surface area contributed by atoms with Crippen molar-refractivity contribution in [2.75, 3.05) is 13.1 Å². The predicted octanol–water partition coefficient (Wildman–Crippen LogP) is 2.28. The maximum Gasteiger partial charge on any atom is 0.258 e. The normalized spacial score (nSPS) is 16.1. The summed E-state index contributed by atoms with van der Waals surface area (Å²) in [6.07, 6.45) is 0.662. The molecule has 1 heterocycles. The van der Waals surface area contributed by atoms with Crippen molar-refractivity contribution in [3.63, 3.8) is 0 Å². The van der Waals surface area contributed by atoms with Crippen LogP contribution in [-0.4, -0.2) is 29.7 Å². The molecule has 1 aliphatic rings. The van der Waals surface area contributed by atoms with Crippen molar-refractivity contribution in [2.45, 2.75) is 12.8 Å². The Morgan fingerprint density at radius 3 is 2.53 bits per heavy atom. The summed E-state index contributed by atoms with van der Waals surface area (Å²) < 4.78 is 13.5. The molecule has 0 atom stereocenters. The van der Waals surface area contributed by atoms with Gasteiger partial charge in [0.15, 0.2) is 0 Å². The molecular formula is C12H11ClFNO2. The Hall–Kier alpha value is -1.42. The molecule has 0 unspecified atom stereocenters. The van der Waals surface area contributed by atoms with Gasteiger partial charge < -0.3 is 4.90 Å². The predicted molar refractivity (Wildman–Crippen MR) is 61.6 cm³/mol. The third-order valence-electron chi connectivity index (χ3n) is 2.78. The molecule has 0 aromatic heterocycles. The summed E-state index contributed by atoms with van der Waals surface area (Å²) in [6.45, 7) is 0.671. The molecule has 0 N–H and O–H groups in total. The van der Waals surface area contributed by atoms with Crippen LogP contribution in [0, 0.1) is 5.82 Å². The van der Waals surface area contributed by atoms with Crippen LogP contribution < -0.4 is 0 Å². The van der Waals surface area contributed by atoms with Gasteiger partial charge in [-0.3, -0.25) is 9.59 Å². The SMILES string of the molecule is O=C1CCN(C(=O)c2c(F)cccc2Cl)CC1. The number of likely N-dealkylation sites (tertiary alicyclic amines) is 1. The van der Waals surface area contributed by atoms with E-state index >= 15 is 0 Å². The first-order valence-electron chi connectivity index (χ1n) is 5.34. The van der Waals surface area contributed by atoms with E-state index in [9.17, 15) is 14.0 Å². The number of rotatable bonds is 1. The van der Waals surface area contributed by atoms with Gasteiger partial charge in [0, 0.05) is 25.9 Å². The summed E-state index contributed by atoms with van der Waals surface area (Å²) in [4.78, 5) is 24.6. The van der Waals surface area contributed by atoms with Crippen LogP contribution in [0.5, 0.6) is 0 Å². The molecule has 1 aromatic rings. The number of ketones is 1. The molecular weight excluding hydrogens is 245 g/mol. The zero-order valence-corrected chi connectivity index (χ0v) is 9.84. The van der Waals surface area contributed by atoms with Gasteiger partial charge in [0.05, 0.1) is 10.6 Å². The van der Waals surface area contributed by atoms with E-state index in [0.717, 1.165) is 0 Å². The van der Waals surface area contributed by atoms with E-state index in [1.165, 1.54) is 23.1 Å². The van der Waals surface area contributed by atoms with Crippen LogP contribution in [0.3, 0.4) is 0 Å². The van der Waals surface area contributed by atoms with Crippen molar-refractivity contribution in [3.8, 4) is 0 Å². The van der Waals surface area contributed by atoms with Gasteiger partial charge in [0.2, 0.25) is 0 Å². The number of piperidine rings is 1. The maximum atomic E-state index is 13.5. The summed E-state index contributed by atoms with van der Waals surface area (Å²) in [6, 6.07) is 4.13. The Kier molecular flexibility index (Phi) is 3.43. The number of hydrogen-bond donors (Lipinski definition) is 0. The minimum absolute atomic E-state index is 0.104. The number of Topliss-reactive ketones (excluding diaryl/α,β-unsaturated/α-hetero) is 1. The van der Waals surface area contributed by atoms with Gasteiger partial charge in [-0.1, -0.05) is 17.7 Å². The first-order valence-corrected chi connectivity index (χ1v) is 5.72. The summed E-state index contributed by atoms with van der Waals surface area (Å²) in [5.74, 6) is -0.936. The topological polar surface area (TPSA) is 37.4 Å². The van der Waals surface area contributed by atoms with E-state index in [2.05, 4.69) is 0 Å². The van der Waals surface area contributed by atoms with Crippen molar-refractivity contribution in [3.05, 3.63) is 34.6 Å². The molecule has 90 valence electrons. The molecule has 1 fully saturated rings. The third-order valence-corrected chi connectivity index (χ3v) is 3.10. The lowest BCUT2D eigenvalue weighted by Crippen LogP contribution is -2.39. The van der Waals surface area contributed by atoms with Crippen LogP contribution in [0.2, 0.25) is 5.02 Å². The minimum Gasteiger partial charge on any atom is -0.338 e. The number of halogens is 2. The maximum absolute atomic E-state index is 13.5. The Morgan fingerprint density at radius 2 is 1.94 bits per heavy atom. The van der Waals surface area contributed by atoms with E-state index in [0.29, 0.717) is 25.9 Å². The molecule has 1 saturated heterocycles. The second-order valence-corrected chi connectivity index (χ2v) is 4.33. The zero-order valence-electron chi connectivity index (χ0n) is 9.08. The number of carbonyl (C=O) groups excluding carboxylic acids is 2. The third kappa shape index (κ3) is 2.47. The second kappa shape index (κ2) is 4.84. The van der Waals surface area contributed by atoms with Gasteiger partial charge in [-0.25, -0.2) is 4.39 Å². The standard InChI is InChI=1S/C12H11ClFNO2/c13-9-2-1-3-10(14)11(9)12(17)15-6-4-8(16)5-7-15/h1-3H,4-7H2. The molecule has 0 radical (unpaired) electrons. The first kappa shape index (κ1) is 12.0. The van der Waals surface area contributed by atoms with Crippen molar-refractivity contribution in [2.24, 2.45) is 0 Å². The summed E-state index contributed by atoms with van der Waals surface area (Å²) in [7, 11) is 0. The fourth-order valence-electron chi connectivity index (χ4n) is 1.82. The van der Waals surface area contributed by atoms with Crippen LogP contribution in [-0.2, 0) is 4.79 Å². The highest BCUT2D eigenvalue weighted by molar-refractivity contribution is 6.33. The second-order valence-electron chi connectivity index (χ2n) is 3.93. The largest absolute Gasteiger partial charge is 0.338 e. The molecule has 3 nitrogen and oxygen atoms in total.